The Kier molecular flexibility index (Phi) is 2.74. The Labute approximate surface area is 159 Å². The van der Waals surface area contributed by atoms with Crippen LogP contribution in [0.3, 0.4) is 0 Å². The Morgan fingerprint density at radius 3 is 2.81 bits per heavy atom. The highest BCUT2D eigenvalue weighted by Crippen LogP contribution is 2.79. The molecule has 5 heteroatoms. The molecule has 6 aliphatic rings. The number of fused-ring (bicyclic) bond motifs is 4. The quantitative estimate of drug-likeness (QED) is 0.869. The predicted octanol–water partition coefficient (Wildman–Crippen LogP) is 2.94. The summed E-state index contributed by atoms with van der Waals surface area (Å²) in [7, 11) is 3.96. The molecule has 2 heterocycles. The van der Waals surface area contributed by atoms with Gasteiger partial charge in [0, 0.05) is 35.6 Å². The van der Waals surface area contributed by atoms with Gasteiger partial charge in [-0.2, -0.15) is 0 Å². The zero-order chi connectivity index (χ0) is 18.9. The van der Waals surface area contributed by atoms with Crippen LogP contribution in [0.5, 0.6) is 11.5 Å². The van der Waals surface area contributed by atoms with Gasteiger partial charge in [-0.05, 0) is 58.2 Å². The molecule has 1 aromatic rings. The lowest BCUT2D eigenvalue weighted by Gasteiger charge is -2.70. The molecule has 2 spiro atoms. The van der Waals surface area contributed by atoms with Gasteiger partial charge in [0.1, 0.15) is 17.5 Å². The summed E-state index contributed by atoms with van der Waals surface area (Å²) in [4.78, 5) is 15.3. The van der Waals surface area contributed by atoms with Gasteiger partial charge in [-0.3, -0.25) is 9.69 Å². The summed E-state index contributed by atoms with van der Waals surface area (Å²) in [5.41, 5.74) is 1.74. The maximum Gasteiger partial charge on any atom is 0.165 e. The number of piperidine rings is 1. The number of benzene rings is 1. The van der Waals surface area contributed by atoms with Gasteiger partial charge < -0.3 is 14.6 Å². The summed E-state index contributed by atoms with van der Waals surface area (Å²) in [5.74, 6) is 0.921. The van der Waals surface area contributed by atoms with Crippen molar-refractivity contribution in [2.75, 3.05) is 14.2 Å². The Morgan fingerprint density at radius 1 is 1.33 bits per heavy atom. The third kappa shape index (κ3) is 1.38. The van der Waals surface area contributed by atoms with Gasteiger partial charge in [0.15, 0.2) is 11.5 Å². The lowest BCUT2D eigenvalue weighted by atomic mass is 9.38. The number of hydrogen-bond acceptors (Lipinski definition) is 5. The molecule has 144 valence electrons. The predicted molar refractivity (Wildman–Crippen MR) is 99.0 cm³/mol. The van der Waals surface area contributed by atoms with E-state index in [1.54, 1.807) is 20.1 Å². The minimum atomic E-state index is -0.596. The number of rotatable bonds is 2. The molecule has 4 aliphatic carbocycles. The normalized spacial score (nSPS) is 48.4. The van der Waals surface area contributed by atoms with Gasteiger partial charge in [-0.1, -0.05) is 6.07 Å². The first-order chi connectivity index (χ1) is 12.8. The molecular formula is C22H27NO4. The number of phenolic OH excluding ortho intramolecular Hbond substituents is 1. The van der Waals surface area contributed by atoms with E-state index in [1.807, 2.05) is 0 Å². The van der Waals surface area contributed by atoms with Crippen LogP contribution in [0.1, 0.15) is 56.7 Å². The number of carbonyl (C=O) groups excluding carboxylic acids is 1. The van der Waals surface area contributed by atoms with E-state index in [-0.39, 0.29) is 34.4 Å². The number of methoxy groups -OCH3 is 1. The van der Waals surface area contributed by atoms with E-state index in [9.17, 15) is 9.90 Å². The Hall–Kier alpha value is -1.59. The average Bonchev–Trinajstić information content (AvgIpc) is 3.18. The van der Waals surface area contributed by atoms with Crippen LogP contribution in [0.2, 0.25) is 0 Å². The summed E-state index contributed by atoms with van der Waals surface area (Å²) in [5, 5.41) is 10.6. The Balaban J connectivity index is 1.71. The Morgan fingerprint density at radius 2 is 2.11 bits per heavy atom. The maximum absolute atomic E-state index is 12.7. The SMILES string of the molecule is COC12CCC3(CC1C(C)=O)C(C)N(C)C1CC34c3c1ccc(O)c3OC24. The second-order valence-electron chi connectivity index (χ2n) is 9.59. The van der Waals surface area contributed by atoms with Crippen molar-refractivity contribution in [3.05, 3.63) is 23.3 Å². The summed E-state index contributed by atoms with van der Waals surface area (Å²) in [6.45, 7) is 4.03. The number of ether oxygens (including phenoxy) is 2. The molecule has 27 heavy (non-hydrogen) atoms. The highest BCUT2D eigenvalue weighted by molar-refractivity contribution is 5.81. The van der Waals surface area contributed by atoms with E-state index in [1.165, 1.54) is 11.1 Å². The maximum atomic E-state index is 12.7. The van der Waals surface area contributed by atoms with Crippen molar-refractivity contribution in [3.63, 3.8) is 0 Å². The van der Waals surface area contributed by atoms with Gasteiger partial charge in [-0.25, -0.2) is 0 Å². The van der Waals surface area contributed by atoms with E-state index >= 15 is 0 Å². The molecule has 5 nitrogen and oxygen atoms in total. The molecular weight excluding hydrogens is 342 g/mol. The molecule has 4 bridgehead atoms. The van der Waals surface area contributed by atoms with Crippen molar-refractivity contribution in [1.82, 2.24) is 4.90 Å². The van der Waals surface area contributed by atoms with Gasteiger partial charge in [0.05, 0.1) is 5.92 Å². The summed E-state index contributed by atoms with van der Waals surface area (Å²) in [6, 6.07) is 4.55. The van der Waals surface area contributed by atoms with Crippen LogP contribution in [0.15, 0.2) is 12.1 Å². The number of carbonyl (C=O) groups is 1. The monoisotopic (exact) mass is 369 g/mol. The molecule has 1 aromatic carbocycles. The second-order valence-corrected chi connectivity index (χ2v) is 9.59. The van der Waals surface area contributed by atoms with Gasteiger partial charge in [0.25, 0.3) is 0 Å². The highest BCUT2D eigenvalue weighted by atomic mass is 16.6. The van der Waals surface area contributed by atoms with Crippen molar-refractivity contribution in [3.8, 4) is 11.5 Å². The fraction of sp³-hybridized carbons (Fsp3) is 0.682. The summed E-state index contributed by atoms with van der Waals surface area (Å²) >= 11 is 0. The first-order valence-corrected chi connectivity index (χ1v) is 10.1. The van der Waals surface area contributed by atoms with Crippen molar-refractivity contribution in [1.29, 1.82) is 0 Å². The first-order valence-electron chi connectivity index (χ1n) is 10.1. The first kappa shape index (κ1) is 16.4. The zero-order valence-electron chi connectivity index (χ0n) is 16.4. The highest BCUT2D eigenvalue weighted by Gasteiger charge is 2.82. The fourth-order valence-electron chi connectivity index (χ4n) is 8.21. The van der Waals surface area contributed by atoms with E-state index in [0.717, 1.165) is 25.7 Å². The minimum Gasteiger partial charge on any atom is -0.504 e. The van der Waals surface area contributed by atoms with Crippen LogP contribution >= 0.6 is 0 Å². The van der Waals surface area contributed by atoms with Crippen LogP contribution in [-0.2, 0) is 14.9 Å². The number of hydrogen-bond donors (Lipinski definition) is 1. The second kappa shape index (κ2) is 4.52. The lowest BCUT2D eigenvalue weighted by Crippen LogP contribution is -2.78. The molecule has 7 atom stereocenters. The third-order valence-electron chi connectivity index (χ3n) is 9.40. The average molecular weight is 369 g/mol. The smallest absolute Gasteiger partial charge is 0.165 e. The van der Waals surface area contributed by atoms with E-state index in [2.05, 4.69) is 24.9 Å². The summed E-state index contributed by atoms with van der Waals surface area (Å²) < 4.78 is 12.8. The molecule has 2 aliphatic heterocycles. The standard InChI is InChI=1S/C22H27NO4/c1-11(24)14-9-20-7-8-22(14,26-4)19-21(20)10-15(23(3)12(20)2)13-5-6-16(25)18(27-19)17(13)21/h5-6,12,14-15,19,25H,7-10H2,1-4H3. The third-order valence-corrected chi connectivity index (χ3v) is 9.40. The van der Waals surface area contributed by atoms with Crippen LogP contribution in [0.25, 0.3) is 0 Å². The van der Waals surface area contributed by atoms with E-state index in [4.69, 9.17) is 9.47 Å². The Bertz CT molecular complexity index is 899. The molecule has 7 unspecified atom stereocenters. The van der Waals surface area contributed by atoms with Crippen LogP contribution < -0.4 is 4.74 Å². The molecule has 3 saturated carbocycles. The van der Waals surface area contributed by atoms with Crippen LogP contribution in [0, 0.1) is 11.3 Å². The number of ketones is 1. The van der Waals surface area contributed by atoms with Crippen molar-refractivity contribution >= 4 is 5.78 Å². The number of Topliss-reactive ketones (excluding diaryl/α,β-unsaturated/α-hetero) is 1. The fourth-order valence-corrected chi connectivity index (χ4v) is 8.21. The number of aromatic hydroxyl groups is 1. The van der Waals surface area contributed by atoms with E-state index in [0.29, 0.717) is 17.8 Å². The molecule has 7 rings (SSSR count). The van der Waals surface area contributed by atoms with Gasteiger partial charge in [0.2, 0.25) is 0 Å². The van der Waals surface area contributed by atoms with Crippen molar-refractivity contribution in [2.45, 2.75) is 68.7 Å². The van der Waals surface area contributed by atoms with Gasteiger partial charge in [-0.15, -0.1) is 0 Å². The minimum absolute atomic E-state index is 0.0240. The molecule has 0 radical (unpaired) electrons. The van der Waals surface area contributed by atoms with Crippen molar-refractivity contribution < 1.29 is 19.4 Å². The molecule has 0 amide bonds. The largest absolute Gasteiger partial charge is 0.504 e. The molecule has 1 saturated heterocycles. The lowest BCUT2D eigenvalue weighted by molar-refractivity contribution is -0.267. The van der Waals surface area contributed by atoms with E-state index < -0.39 is 5.60 Å². The number of phenols is 1. The molecule has 4 fully saturated rings. The molecule has 0 aromatic heterocycles. The molecule has 1 N–H and O–H groups in total. The van der Waals surface area contributed by atoms with Crippen LogP contribution in [0.4, 0.5) is 0 Å². The van der Waals surface area contributed by atoms with Crippen LogP contribution in [-0.4, -0.2) is 47.7 Å². The topological polar surface area (TPSA) is 59.0 Å². The summed E-state index contributed by atoms with van der Waals surface area (Å²) in [6.07, 6.45) is 3.53. The van der Waals surface area contributed by atoms with Gasteiger partial charge >= 0.3 is 0 Å². The van der Waals surface area contributed by atoms with Crippen molar-refractivity contribution in [2.24, 2.45) is 11.3 Å². The zero-order valence-corrected chi connectivity index (χ0v) is 16.4. The number of likely N-dealkylation sites (tertiary alicyclic amines) is 1. The number of nitrogens with zero attached hydrogens (tertiary/aromatic N) is 1.